The third-order valence-corrected chi connectivity index (χ3v) is 4.08. The first-order chi connectivity index (χ1) is 10.9. The quantitative estimate of drug-likeness (QED) is 0.494. The Morgan fingerprint density at radius 1 is 1.48 bits per heavy atom. The number of nitro groups is 1. The van der Waals surface area contributed by atoms with E-state index >= 15 is 0 Å². The zero-order valence-electron chi connectivity index (χ0n) is 13.0. The van der Waals surface area contributed by atoms with E-state index in [-0.39, 0.29) is 23.4 Å². The van der Waals surface area contributed by atoms with E-state index < -0.39 is 4.92 Å². The predicted octanol–water partition coefficient (Wildman–Crippen LogP) is 2.81. The molecule has 122 valence electrons. The lowest BCUT2D eigenvalue weighted by Gasteiger charge is -2.10. The standard InChI is InChI=1S/C14H17N5O3S/c1-9(2)18-8-15-17-14(18)23-7-13(20)16-12-5-4-11(19(21)22)6-10(12)3/h4-6,8-9H,7H2,1-3H3,(H,16,20). The molecule has 2 aromatic rings. The fourth-order valence-electron chi connectivity index (χ4n) is 1.91. The molecule has 0 atom stereocenters. The van der Waals surface area contributed by atoms with Crippen LogP contribution in [0.15, 0.2) is 29.7 Å². The van der Waals surface area contributed by atoms with Crippen LogP contribution in [0.2, 0.25) is 0 Å². The zero-order valence-corrected chi connectivity index (χ0v) is 13.8. The molecule has 1 aromatic carbocycles. The first kappa shape index (κ1) is 16.9. The van der Waals surface area contributed by atoms with Crippen molar-refractivity contribution >= 4 is 29.0 Å². The summed E-state index contributed by atoms with van der Waals surface area (Å²) in [7, 11) is 0. The Bertz CT molecular complexity index is 729. The second-order valence-corrected chi connectivity index (χ2v) is 6.15. The third kappa shape index (κ3) is 4.28. The van der Waals surface area contributed by atoms with Crippen molar-refractivity contribution in [3.63, 3.8) is 0 Å². The van der Waals surface area contributed by atoms with E-state index in [1.165, 1.54) is 30.0 Å². The van der Waals surface area contributed by atoms with Crippen molar-refractivity contribution in [3.05, 3.63) is 40.2 Å². The van der Waals surface area contributed by atoms with Crippen LogP contribution in [0.3, 0.4) is 0 Å². The molecular weight excluding hydrogens is 318 g/mol. The summed E-state index contributed by atoms with van der Waals surface area (Å²) in [5.74, 6) is -0.0211. The number of nitro benzene ring substituents is 1. The highest BCUT2D eigenvalue weighted by atomic mass is 32.2. The molecule has 2 rings (SSSR count). The van der Waals surface area contributed by atoms with Crippen LogP contribution in [0.4, 0.5) is 11.4 Å². The first-order valence-corrected chi connectivity index (χ1v) is 7.94. The van der Waals surface area contributed by atoms with E-state index in [1.807, 2.05) is 18.4 Å². The molecule has 0 aliphatic carbocycles. The van der Waals surface area contributed by atoms with Crippen molar-refractivity contribution in [2.75, 3.05) is 11.1 Å². The number of aromatic nitrogens is 3. The second-order valence-electron chi connectivity index (χ2n) is 5.21. The lowest BCUT2D eigenvalue weighted by molar-refractivity contribution is -0.384. The molecule has 1 amide bonds. The number of rotatable bonds is 6. The molecule has 0 aliphatic rings. The molecule has 0 saturated carbocycles. The summed E-state index contributed by atoms with van der Waals surface area (Å²) in [5.41, 5.74) is 1.20. The van der Waals surface area contributed by atoms with E-state index in [1.54, 1.807) is 13.3 Å². The fourth-order valence-corrected chi connectivity index (χ4v) is 2.75. The maximum Gasteiger partial charge on any atom is 0.269 e. The number of hydrogen-bond acceptors (Lipinski definition) is 6. The van der Waals surface area contributed by atoms with Crippen molar-refractivity contribution in [1.82, 2.24) is 14.8 Å². The molecule has 0 unspecified atom stereocenters. The molecule has 0 spiro atoms. The first-order valence-electron chi connectivity index (χ1n) is 6.95. The van der Waals surface area contributed by atoms with Gasteiger partial charge in [-0.1, -0.05) is 11.8 Å². The van der Waals surface area contributed by atoms with Gasteiger partial charge in [0.1, 0.15) is 6.33 Å². The summed E-state index contributed by atoms with van der Waals surface area (Å²) in [5, 5.41) is 22.0. The molecule has 0 radical (unpaired) electrons. The van der Waals surface area contributed by atoms with Gasteiger partial charge in [-0.15, -0.1) is 10.2 Å². The minimum absolute atomic E-state index is 0.0000841. The number of hydrogen-bond donors (Lipinski definition) is 1. The van der Waals surface area contributed by atoms with Crippen LogP contribution >= 0.6 is 11.8 Å². The fraction of sp³-hybridized carbons (Fsp3) is 0.357. The van der Waals surface area contributed by atoms with Gasteiger partial charge in [0.2, 0.25) is 5.91 Å². The van der Waals surface area contributed by atoms with Gasteiger partial charge in [-0.25, -0.2) is 0 Å². The number of amides is 1. The topological polar surface area (TPSA) is 103 Å². The largest absolute Gasteiger partial charge is 0.325 e. The number of carbonyl (C=O) groups excluding carboxylic acids is 1. The van der Waals surface area contributed by atoms with Gasteiger partial charge in [-0.2, -0.15) is 0 Å². The number of thioether (sulfide) groups is 1. The Balaban J connectivity index is 1.97. The van der Waals surface area contributed by atoms with Gasteiger partial charge in [0.25, 0.3) is 5.69 Å². The van der Waals surface area contributed by atoms with Gasteiger partial charge in [-0.05, 0) is 32.4 Å². The van der Waals surface area contributed by atoms with Gasteiger partial charge >= 0.3 is 0 Å². The van der Waals surface area contributed by atoms with E-state index in [2.05, 4.69) is 15.5 Å². The number of aryl methyl sites for hydroxylation is 1. The average molecular weight is 335 g/mol. The third-order valence-electron chi connectivity index (χ3n) is 3.12. The maximum absolute atomic E-state index is 12.0. The number of nitrogens with zero attached hydrogens (tertiary/aromatic N) is 4. The molecule has 1 N–H and O–H groups in total. The van der Waals surface area contributed by atoms with Crippen LogP contribution in [-0.2, 0) is 4.79 Å². The molecule has 8 nitrogen and oxygen atoms in total. The molecule has 23 heavy (non-hydrogen) atoms. The number of nitrogens with one attached hydrogen (secondary N) is 1. The highest BCUT2D eigenvalue weighted by Crippen LogP contribution is 2.22. The molecule has 0 aliphatic heterocycles. The number of carbonyl (C=O) groups is 1. The van der Waals surface area contributed by atoms with Gasteiger partial charge in [0.15, 0.2) is 5.16 Å². The van der Waals surface area contributed by atoms with Crippen LogP contribution in [0, 0.1) is 17.0 Å². The van der Waals surface area contributed by atoms with Gasteiger partial charge in [-0.3, -0.25) is 14.9 Å². The second kappa shape index (κ2) is 7.23. The van der Waals surface area contributed by atoms with Crippen LogP contribution in [0.1, 0.15) is 25.5 Å². The number of anilines is 1. The van der Waals surface area contributed by atoms with Crippen molar-refractivity contribution in [2.45, 2.75) is 32.0 Å². The Hall–Kier alpha value is -2.42. The lowest BCUT2D eigenvalue weighted by Crippen LogP contribution is -2.15. The average Bonchev–Trinajstić information content (AvgIpc) is 2.95. The van der Waals surface area contributed by atoms with Crippen molar-refractivity contribution in [3.8, 4) is 0 Å². The van der Waals surface area contributed by atoms with Crippen LogP contribution in [0.25, 0.3) is 0 Å². The molecule has 0 bridgehead atoms. The van der Waals surface area contributed by atoms with Crippen LogP contribution in [-0.4, -0.2) is 31.3 Å². The Kier molecular flexibility index (Phi) is 5.32. The molecular formula is C14H17N5O3S. The summed E-state index contributed by atoms with van der Waals surface area (Å²) in [6, 6.07) is 4.54. The smallest absolute Gasteiger partial charge is 0.269 e. The molecule has 1 heterocycles. The predicted molar refractivity (Wildman–Crippen MR) is 87.6 cm³/mol. The Morgan fingerprint density at radius 2 is 2.22 bits per heavy atom. The lowest BCUT2D eigenvalue weighted by atomic mass is 10.2. The van der Waals surface area contributed by atoms with E-state index in [0.717, 1.165) is 0 Å². The van der Waals surface area contributed by atoms with E-state index in [0.29, 0.717) is 16.4 Å². The molecule has 0 fully saturated rings. The van der Waals surface area contributed by atoms with Gasteiger partial charge in [0.05, 0.1) is 10.7 Å². The number of non-ortho nitro benzene ring substituents is 1. The van der Waals surface area contributed by atoms with Crippen molar-refractivity contribution in [1.29, 1.82) is 0 Å². The summed E-state index contributed by atoms with van der Waals surface area (Å²) < 4.78 is 1.88. The minimum atomic E-state index is -0.465. The molecule has 1 aromatic heterocycles. The summed E-state index contributed by atoms with van der Waals surface area (Å²) >= 11 is 1.29. The highest BCUT2D eigenvalue weighted by molar-refractivity contribution is 7.99. The summed E-state index contributed by atoms with van der Waals surface area (Å²) in [6.45, 7) is 5.73. The molecule has 9 heteroatoms. The molecule has 0 saturated heterocycles. The van der Waals surface area contributed by atoms with Crippen LogP contribution in [0.5, 0.6) is 0 Å². The summed E-state index contributed by atoms with van der Waals surface area (Å²) in [6.07, 6.45) is 1.63. The monoisotopic (exact) mass is 335 g/mol. The number of benzene rings is 1. The van der Waals surface area contributed by atoms with Gasteiger partial charge < -0.3 is 9.88 Å². The highest BCUT2D eigenvalue weighted by Gasteiger charge is 2.13. The Labute approximate surface area is 137 Å². The summed E-state index contributed by atoms with van der Waals surface area (Å²) in [4.78, 5) is 22.3. The van der Waals surface area contributed by atoms with Crippen molar-refractivity contribution < 1.29 is 9.72 Å². The minimum Gasteiger partial charge on any atom is -0.325 e. The van der Waals surface area contributed by atoms with Crippen molar-refractivity contribution in [2.24, 2.45) is 0 Å². The Morgan fingerprint density at radius 3 is 2.83 bits per heavy atom. The van der Waals surface area contributed by atoms with E-state index in [9.17, 15) is 14.9 Å². The van der Waals surface area contributed by atoms with Crippen LogP contribution < -0.4 is 5.32 Å². The SMILES string of the molecule is Cc1cc([N+](=O)[O-])ccc1NC(=O)CSc1nncn1C(C)C. The maximum atomic E-state index is 12.0. The van der Waals surface area contributed by atoms with Gasteiger partial charge in [0, 0.05) is 23.9 Å². The van der Waals surface area contributed by atoms with E-state index in [4.69, 9.17) is 0 Å². The zero-order chi connectivity index (χ0) is 17.0. The normalized spacial score (nSPS) is 10.8.